The summed E-state index contributed by atoms with van der Waals surface area (Å²) < 4.78 is 0.989. The number of carbonyl (C=O) groups is 2. The third-order valence-electron chi connectivity index (χ3n) is 2.58. The van der Waals surface area contributed by atoms with Gasteiger partial charge in [0, 0.05) is 30.0 Å². The molecule has 2 amide bonds. The minimum Gasteiger partial charge on any atom is -0.356 e. The maximum absolute atomic E-state index is 11.6. The number of hydrogen-bond donors (Lipinski definition) is 2. The lowest BCUT2D eigenvalue weighted by molar-refractivity contribution is -0.119. The van der Waals surface area contributed by atoms with Crippen LogP contribution in [0.25, 0.3) is 0 Å². The zero-order valence-corrected chi connectivity index (χ0v) is 12.6. The van der Waals surface area contributed by atoms with Crippen molar-refractivity contribution in [2.45, 2.75) is 32.6 Å². The van der Waals surface area contributed by atoms with Gasteiger partial charge in [-0.3, -0.25) is 9.59 Å². The van der Waals surface area contributed by atoms with Crippen molar-refractivity contribution in [1.29, 1.82) is 0 Å². The number of amides is 2. The zero-order valence-electron chi connectivity index (χ0n) is 11.0. The minimum atomic E-state index is -0.00650. The van der Waals surface area contributed by atoms with Gasteiger partial charge in [0.15, 0.2) is 0 Å². The highest BCUT2D eigenvalue weighted by atomic mass is 79.9. The van der Waals surface area contributed by atoms with Crippen LogP contribution in [-0.4, -0.2) is 18.4 Å². The van der Waals surface area contributed by atoms with Crippen molar-refractivity contribution >= 4 is 33.4 Å². The van der Waals surface area contributed by atoms with Crippen LogP contribution >= 0.6 is 15.9 Å². The third kappa shape index (κ3) is 7.62. The molecule has 0 aliphatic rings. The average molecular weight is 327 g/mol. The summed E-state index contributed by atoms with van der Waals surface area (Å²) >= 11 is 3.35. The molecule has 2 N–H and O–H groups in total. The van der Waals surface area contributed by atoms with E-state index in [2.05, 4.69) is 26.6 Å². The van der Waals surface area contributed by atoms with Crippen molar-refractivity contribution in [2.75, 3.05) is 11.9 Å². The number of hydrogen-bond acceptors (Lipinski definition) is 2. The van der Waals surface area contributed by atoms with Crippen molar-refractivity contribution < 1.29 is 9.59 Å². The molecule has 0 aromatic heterocycles. The van der Waals surface area contributed by atoms with Gasteiger partial charge in [0.2, 0.25) is 11.8 Å². The second-order valence-electron chi connectivity index (χ2n) is 4.35. The molecule has 0 heterocycles. The van der Waals surface area contributed by atoms with Crippen LogP contribution in [0.3, 0.4) is 0 Å². The van der Waals surface area contributed by atoms with Crippen molar-refractivity contribution in [3.63, 3.8) is 0 Å². The van der Waals surface area contributed by atoms with Crippen LogP contribution in [0, 0.1) is 0 Å². The molecule has 0 unspecified atom stereocenters. The second kappa shape index (κ2) is 8.69. The lowest BCUT2D eigenvalue weighted by Crippen LogP contribution is -2.20. The third-order valence-corrected chi connectivity index (χ3v) is 3.11. The summed E-state index contributed by atoms with van der Waals surface area (Å²) in [5.74, 6) is 0.0230. The molecular formula is C14H19BrN2O2. The summed E-state index contributed by atoms with van der Waals surface area (Å²) in [7, 11) is 0. The first-order chi connectivity index (χ1) is 9.08. The molecule has 19 heavy (non-hydrogen) atoms. The highest BCUT2D eigenvalue weighted by Gasteiger charge is 2.02. The summed E-state index contributed by atoms with van der Waals surface area (Å²) in [6.45, 7) is 2.19. The molecule has 4 nitrogen and oxygen atoms in total. The molecule has 0 spiro atoms. The molecule has 1 rings (SSSR count). The predicted octanol–water partition coefficient (Wildman–Crippen LogP) is 3.08. The standard InChI is InChI=1S/C14H19BrN2O2/c1-11(18)16-10-4-2-3-5-14(19)17-13-8-6-12(15)7-9-13/h6-9H,2-5,10H2,1H3,(H,16,18)(H,17,19). The van der Waals surface area contributed by atoms with Gasteiger partial charge in [0.1, 0.15) is 0 Å². The highest BCUT2D eigenvalue weighted by Crippen LogP contribution is 2.14. The monoisotopic (exact) mass is 326 g/mol. The fourth-order valence-electron chi connectivity index (χ4n) is 1.61. The Balaban J connectivity index is 2.11. The van der Waals surface area contributed by atoms with Gasteiger partial charge in [0.05, 0.1) is 0 Å². The van der Waals surface area contributed by atoms with E-state index >= 15 is 0 Å². The first-order valence-electron chi connectivity index (χ1n) is 6.38. The number of benzene rings is 1. The first-order valence-corrected chi connectivity index (χ1v) is 7.17. The summed E-state index contributed by atoms with van der Waals surface area (Å²) in [4.78, 5) is 22.3. The predicted molar refractivity (Wildman–Crippen MR) is 79.9 cm³/mol. The van der Waals surface area contributed by atoms with Gasteiger partial charge >= 0.3 is 0 Å². The Hall–Kier alpha value is -1.36. The molecule has 1 aromatic carbocycles. The van der Waals surface area contributed by atoms with E-state index in [1.165, 1.54) is 6.92 Å². The van der Waals surface area contributed by atoms with Crippen LogP contribution in [0.2, 0.25) is 0 Å². The zero-order chi connectivity index (χ0) is 14.1. The summed E-state index contributed by atoms with van der Waals surface area (Å²) in [6.07, 6.45) is 3.19. The molecule has 0 aliphatic carbocycles. The van der Waals surface area contributed by atoms with Crippen molar-refractivity contribution in [2.24, 2.45) is 0 Å². The minimum absolute atomic E-state index is 0.00650. The van der Waals surface area contributed by atoms with E-state index in [4.69, 9.17) is 0 Å². The normalized spacial score (nSPS) is 10.0. The topological polar surface area (TPSA) is 58.2 Å². The maximum atomic E-state index is 11.6. The smallest absolute Gasteiger partial charge is 0.224 e. The fourth-order valence-corrected chi connectivity index (χ4v) is 1.87. The van der Waals surface area contributed by atoms with E-state index < -0.39 is 0 Å². The van der Waals surface area contributed by atoms with Gasteiger partial charge in [-0.2, -0.15) is 0 Å². The van der Waals surface area contributed by atoms with Crippen LogP contribution < -0.4 is 10.6 Å². The van der Waals surface area contributed by atoms with Gasteiger partial charge in [0.25, 0.3) is 0 Å². The molecule has 0 atom stereocenters. The Morgan fingerprint density at radius 1 is 1.11 bits per heavy atom. The molecule has 104 valence electrons. The lowest BCUT2D eigenvalue weighted by Gasteiger charge is -2.05. The molecule has 0 fully saturated rings. The van der Waals surface area contributed by atoms with Crippen LogP contribution in [0.1, 0.15) is 32.6 Å². The summed E-state index contributed by atoms with van der Waals surface area (Å²) in [5, 5.41) is 5.58. The first kappa shape index (κ1) is 15.7. The Kier molecular flexibility index (Phi) is 7.18. The molecule has 0 bridgehead atoms. The quantitative estimate of drug-likeness (QED) is 0.756. The Labute approximate surface area is 122 Å². The molecule has 5 heteroatoms. The fraction of sp³-hybridized carbons (Fsp3) is 0.429. The molecule has 0 aliphatic heterocycles. The second-order valence-corrected chi connectivity index (χ2v) is 5.26. The maximum Gasteiger partial charge on any atom is 0.224 e. The number of unbranched alkanes of at least 4 members (excludes halogenated alkanes) is 2. The average Bonchev–Trinajstić information content (AvgIpc) is 2.36. The van der Waals surface area contributed by atoms with Crippen LogP contribution in [0.4, 0.5) is 5.69 Å². The van der Waals surface area contributed by atoms with E-state index in [0.717, 1.165) is 29.4 Å². The summed E-state index contributed by atoms with van der Waals surface area (Å²) in [5.41, 5.74) is 0.812. The van der Waals surface area contributed by atoms with Crippen molar-refractivity contribution in [3.8, 4) is 0 Å². The van der Waals surface area contributed by atoms with Crippen LogP contribution in [0.5, 0.6) is 0 Å². The number of halogens is 1. The van der Waals surface area contributed by atoms with E-state index in [9.17, 15) is 9.59 Å². The molecule has 0 saturated carbocycles. The molecule has 1 aromatic rings. The van der Waals surface area contributed by atoms with Gasteiger partial charge in [-0.15, -0.1) is 0 Å². The Morgan fingerprint density at radius 2 is 1.79 bits per heavy atom. The van der Waals surface area contributed by atoms with Crippen LogP contribution in [0.15, 0.2) is 28.7 Å². The van der Waals surface area contributed by atoms with E-state index in [1.54, 1.807) is 0 Å². The number of anilines is 1. The Morgan fingerprint density at radius 3 is 2.42 bits per heavy atom. The Bertz CT molecular complexity index is 418. The number of nitrogens with one attached hydrogen (secondary N) is 2. The largest absolute Gasteiger partial charge is 0.356 e. The van der Waals surface area contributed by atoms with Crippen LogP contribution in [-0.2, 0) is 9.59 Å². The SMILES string of the molecule is CC(=O)NCCCCCC(=O)Nc1ccc(Br)cc1. The molecule has 0 radical (unpaired) electrons. The lowest BCUT2D eigenvalue weighted by atomic mass is 10.2. The molecular weight excluding hydrogens is 308 g/mol. The van der Waals surface area contributed by atoms with Gasteiger partial charge < -0.3 is 10.6 Å². The van der Waals surface area contributed by atoms with Gasteiger partial charge in [-0.1, -0.05) is 22.4 Å². The number of rotatable bonds is 7. The van der Waals surface area contributed by atoms with E-state index in [0.29, 0.717) is 13.0 Å². The van der Waals surface area contributed by atoms with Gasteiger partial charge in [-0.25, -0.2) is 0 Å². The van der Waals surface area contributed by atoms with Crippen molar-refractivity contribution in [3.05, 3.63) is 28.7 Å². The van der Waals surface area contributed by atoms with E-state index in [-0.39, 0.29) is 11.8 Å². The summed E-state index contributed by atoms with van der Waals surface area (Å²) in [6, 6.07) is 7.50. The van der Waals surface area contributed by atoms with Gasteiger partial charge in [-0.05, 0) is 37.1 Å². The van der Waals surface area contributed by atoms with E-state index in [1.807, 2.05) is 24.3 Å². The highest BCUT2D eigenvalue weighted by molar-refractivity contribution is 9.10. The number of carbonyl (C=O) groups excluding carboxylic acids is 2. The van der Waals surface area contributed by atoms with Crippen molar-refractivity contribution in [1.82, 2.24) is 5.32 Å². The molecule has 0 saturated heterocycles.